The molecule has 13 nitrogen and oxygen atoms in total. The van der Waals surface area contributed by atoms with Crippen LogP contribution >= 0.6 is 11.3 Å². The van der Waals surface area contributed by atoms with Crippen molar-refractivity contribution in [2.45, 2.75) is 6.42 Å². The van der Waals surface area contributed by atoms with Gasteiger partial charge in [0.15, 0.2) is 16.6 Å². The number of benzene rings is 3. The second-order valence-electron chi connectivity index (χ2n) is 11.1. The molecular weight excluding hydrogens is 620 g/mol. The Morgan fingerprint density at radius 2 is 1.70 bits per heavy atom. The first-order valence-electron chi connectivity index (χ1n) is 15.3. The maximum atomic E-state index is 12.7. The molecule has 6 rings (SSSR count). The van der Waals surface area contributed by atoms with Crippen LogP contribution < -0.4 is 34.9 Å². The number of fused-ring (bicyclic) bond motifs is 2. The molecule has 0 atom stereocenters. The number of methoxy groups -OCH3 is 3. The molecule has 1 saturated heterocycles. The molecule has 5 aromatic rings. The summed E-state index contributed by atoms with van der Waals surface area (Å²) >= 11 is 1.36. The SMILES string of the molecule is COc1ccc(NC(=O)Nc2nc3ccc(Nc4ncnc5cc(OCCCN6CCN(C)CC6)c(OC)cc45)cc3s2)c(OC)c1. The Morgan fingerprint density at radius 3 is 2.49 bits per heavy atom. The van der Waals surface area contributed by atoms with Gasteiger partial charge in [0, 0.05) is 55.9 Å². The third-order valence-electron chi connectivity index (χ3n) is 7.92. The minimum absolute atomic E-state index is 0.439. The first-order valence-corrected chi connectivity index (χ1v) is 16.1. The highest BCUT2D eigenvalue weighted by Gasteiger charge is 2.16. The number of nitrogens with one attached hydrogen (secondary N) is 3. The number of piperazine rings is 1. The molecule has 1 fully saturated rings. The normalized spacial score (nSPS) is 13.8. The molecule has 3 N–H and O–H groups in total. The second kappa shape index (κ2) is 14.7. The number of carbonyl (C=O) groups excluding carboxylic acids is 1. The number of aromatic nitrogens is 3. The van der Waals surface area contributed by atoms with Gasteiger partial charge in [0.05, 0.1) is 49.4 Å². The number of anilines is 4. The fourth-order valence-electron chi connectivity index (χ4n) is 5.32. The van der Waals surface area contributed by atoms with Gasteiger partial charge in [0.25, 0.3) is 0 Å². The smallest absolute Gasteiger partial charge is 0.325 e. The Kier molecular flexibility index (Phi) is 10.00. The standard InChI is InChI=1S/C33H38N8O5S/c1-40-11-13-41(14-12-40)10-5-15-46-29-19-26-23(18-28(29)45-4)31(35-20-34-26)36-21-6-8-25-30(16-21)47-33(38-25)39-32(42)37-24-9-7-22(43-2)17-27(24)44-3/h6-9,16-20H,5,10-15H2,1-4H3,(H,34,35,36)(H2,37,38,39,42). The van der Waals surface area contributed by atoms with E-state index < -0.39 is 6.03 Å². The largest absolute Gasteiger partial charge is 0.497 e. The summed E-state index contributed by atoms with van der Waals surface area (Å²) in [5.74, 6) is 3.01. The summed E-state index contributed by atoms with van der Waals surface area (Å²) in [4.78, 5) is 31.1. The Balaban J connectivity index is 1.11. The quantitative estimate of drug-likeness (QED) is 0.143. The van der Waals surface area contributed by atoms with Crippen molar-refractivity contribution in [2.75, 3.05) is 83.7 Å². The summed E-state index contributed by atoms with van der Waals surface area (Å²) in [6, 6.07) is 14.3. The first-order chi connectivity index (χ1) is 22.9. The van der Waals surface area contributed by atoms with Crippen LogP contribution in [0.25, 0.3) is 21.1 Å². The van der Waals surface area contributed by atoms with Crippen LogP contribution in [0.1, 0.15) is 6.42 Å². The molecule has 3 heterocycles. The van der Waals surface area contributed by atoms with Crippen molar-refractivity contribution < 1.29 is 23.7 Å². The van der Waals surface area contributed by atoms with E-state index in [4.69, 9.17) is 18.9 Å². The van der Waals surface area contributed by atoms with Crippen LogP contribution in [0.15, 0.2) is 54.9 Å². The summed E-state index contributed by atoms with van der Waals surface area (Å²) in [7, 11) is 6.89. The summed E-state index contributed by atoms with van der Waals surface area (Å²) in [5.41, 5.74) is 2.80. The van der Waals surface area contributed by atoms with E-state index >= 15 is 0 Å². The lowest BCUT2D eigenvalue weighted by Gasteiger charge is -2.32. The fourth-order valence-corrected chi connectivity index (χ4v) is 6.22. The maximum absolute atomic E-state index is 12.7. The topological polar surface area (TPSA) is 135 Å². The average Bonchev–Trinajstić information content (AvgIpc) is 3.48. The van der Waals surface area contributed by atoms with Crippen molar-refractivity contribution in [3.05, 3.63) is 54.9 Å². The molecule has 1 aliphatic heterocycles. The van der Waals surface area contributed by atoms with Gasteiger partial charge < -0.3 is 39.4 Å². The van der Waals surface area contributed by atoms with E-state index in [0.717, 1.165) is 66.0 Å². The van der Waals surface area contributed by atoms with E-state index in [1.165, 1.54) is 24.8 Å². The Morgan fingerprint density at radius 1 is 0.872 bits per heavy atom. The summed E-state index contributed by atoms with van der Waals surface area (Å²) < 4.78 is 23.3. The molecule has 0 saturated carbocycles. The van der Waals surface area contributed by atoms with E-state index in [0.29, 0.717) is 46.2 Å². The van der Waals surface area contributed by atoms with Crippen LogP contribution in [-0.4, -0.2) is 98.5 Å². The lowest BCUT2D eigenvalue weighted by molar-refractivity contribution is 0.145. The summed E-state index contributed by atoms with van der Waals surface area (Å²) in [6.45, 7) is 5.99. The van der Waals surface area contributed by atoms with Crippen LogP contribution in [-0.2, 0) is 0 Å². The van der Waals surface area contributed by atoms with E-state index in [2.05, 4.69) is 47.7 Å². The van der Waals surface area contributed by atoms with Crippen LogP contribution in [0.5, 0.6) is 23.0 Å². The zero-order valence-corrected chi connectivity index (χ0v) is 27.6. The molecule has 0 spiro atoms. The number of urea groups is 1. The molecule has 2 amide bonds. The third kappa shape index (κ3) is 7.73. The Bertz CT molecular complexity index is 1860. The molecule has 246 valence electrons. The molecule has 2 aromatic heterocycles. The average molecular weight is 659 g/mol. The fraction of sp³-hybridized carbons (Fsp3) is 0.333. The molecule has 0 radical (unpaired) electrons. The highest BCUT2D eigenvalue weighted by molar-refractivity contribution is 7.22. The summed E-state index contributed by atoms with van der Waals surface area (Å²) in [5, 5.41) is 10.3. The minimum Gasteiger partial charge on any atom is -0.497 e. The number of likely N-dealkylation sites (N-methyl/N-ethyl adjacent to an activating group) is 1. The van der Waals surface area contributed by atoms with Gasteiger partial charge in [-0.25, -0.2) is 19.7 Å². The maximum Gasteiger partial charge on any atom is 0.325 e. The second-order valence-corrected chi connectivity index (χ2v) is 12.1. The molecule has 0 aliphatic carbocycles. The summed E-state index contributed by atoms with van der Waals surface area (Å²) in [6.07, 6.45) is 2.46. The number of nitrogens with zero attached hydrogens (tertiary/aromatic N) is 5. The van der Waals surface area contributed by atoms with Crippen molar-refractivity contribution in [2.24, 2.45) is 0 Å². The van der Waals surface area contributed by atoms with Gasteiger partial charge in [-0.2, -0.15) is 0 Å². The van der Waals surface area contributed by atoms with Gasteiger partial charge in [-0.05, 0) is 49.9 Å². The molecule has 47 heavy (non-hydrogen) atoms. The lowest BCUT2D eigenvalue weighted by atomic mass is 10.2. The molecular formula is C33H38N8O5S. The highest BCUT2D eigenvalue weighted by atomic mass is 32.1. The third-order valence-corrected chi connectivity index (χ3v) is 8.86. The number of hydrogen-bond acceptors (Lipinski definition) is 12. The molecule has 3 aromatic carbocycles. The molecule has 14 heteroatoms. The van der Waals surface area contributed by atoms with E-state index in [1.54, 1.807) is 32.4 Å². The Hall–Kier alpha value is -4.92. The minimum atomic E-state index is -0.439. The van der Waals surface area contributed by atoms with Crippen LogP contribution in [0, 0.1) is 0 Å². The van der Waals surface area contributed by atoms with Crippen molar-refractivity contribution in [1.82, 2.24) is 24.8 Å². The van der Waals surface area contributed by atoms with E-state index in [9.17, 15) is 4.79 Å². The van der Waals surface area contributed by atoms with Crippen molar-refractivity contribution >= 4 is 60.8 Å². The molecule has 0 unspecified atom stereocenters. The van der Waals surface area contributed by atoms with E-state index in [1.807, 2.05) is 30.3 Å². The number of ether oxygens (including phenoxy) is 4. The monoisotopic (exact) mass is 658 g/mol. The predicted octanol–water partition coefficient (Wildman–Crippen LogP) is 5.67. The zero-order chi connectivity index (χ0) is 32.8. The van der Waals surface area contributed by atoms with Crippen LogP contribution in [0.3, 0.4) is 0 Å². The highest BCUT2D eigenvalue weighted by Crippen LogP contribution is 2.36. The number of carbonyl (C=O) groups is 1. The van der Waals surface area contributed by atoms with E-state index in [-0.39, 0.29) is 0 Å². The first kappa shape index (κ1) is 32.0. The van der Waals surface area contributed by atoms with Gasteiger partial charge >= 0.3 is 6.03 Å². The molecule has 0 bridgehead atoms. The van der Waals surface area contributed by atoms with Gasteiger partial charge in [0.1, 0.15) is 23.6 Å². The number of thiazole rings is 1. The zero-order valence-electron chi connectivity index (χ0n) is 26.8. The van der Waals surface area contributed by atoms with Crippen molar-refractivity contribution in [3.8, 4) is 23.0 Å². The van der Waals surface area contributed by atoms with Gasteiger partial charge in [-0.3, -0.25) is 5.32 Å². The van der Waals surface area contributed by atoms with Gasteiger partial charge in [-0.1, -0.05) is 11.3 Å². The number of amides is 2. The number of hydrogen-bond donors (Lipinski definition) is 3. The van der Waals surface area contributed by atoms with Crippen LogP contribution in [0.2, 0.25) is 0 Å². The lowest BCUT2D eigenvalue weighted by Crippen LogP contribution is -2.44. The Labute approximate surface area is 276 Å². The predicted molar refractivity (Wildman–Crippen MR) is 185 cm³/mol. The van der Waals surface area contributed by atoms with Crippen molar-refractivity contribution in [3.63, 3.8) is 0 Å². The van der Waals surface area contributed by atoms with Crippen LogP contribution in [0.4, 0.5) is 27.1 Å². The van der Waals surface area contributed by atoms with Gasteiger partial charge in [0.2, 0.25) is 0 Å². The molecule has 1 aliphatic rings. The van der Waals surface area contributed by atoms with Gasteiger partial charge in [-0.15, -0.1) is 0 Å². The number of rotatable bonds is 12. The van der Waals surface area contributed by atoms with Crippen molar-refractivity contribution in [1.29, 1.82) is 0 Å².